The Morgan fingerprint density at radius 3 is 1.64 bits per heavy atom. The van der Waals surface area contributed by atoms with Gasteiger partial charge in [-0.05, 0) is 30.6 Å². The molecule has 1 unspecified atom stereocenters. The molecule has 2 heteroatoms. The minimum absolute atomic E-state index is 0.382. The molecular formula is C9H17NO. The smallest absolute Gasteiger partial charge is 0.114 e. The van der Waals surface area contributed by atoms with Gasteiger partial charge in [0.25, 0.3) is 0 Å². The van der Waals surface area contributed by atoms with E-state index in [2.05, 4.69) is 13.8 Å². The molecule has 2 bridgehead atoms. The third-order valence-corrected chi connectivity index (χ3v) is 3.93. The zero-order chi connectivity index (χ0) is 8.39. The first kappa shape index (κ1) is 7.56. The highest BCUT2D eigenvalue weighted by Gasteiger charge is 2.68. The van der Waals surface area contributed by atoms with Crippen molar-refractivity contribution in [2.45, 2.75) is 26.5 Å². The summed E-state index contributed by atoms with van der Waals surface area (Å²) in [5.74, 6) is 3.39. The summed E-state index contributed by atoms with van der Waals surface area (Å²) >= 11 is 0. The lowest BCUT2D eigenvalue weighted by Gasteiger charge is -2.71. The summed E-state index contributed by atoms with van der Waals surface area (Å²) in [6.07, 6.45) is 0. The standard InChI is InChI=1S/C9H17NO/c1-4-6-5(2)7(4)8(6)9(3,10)11/h4-8,11H,10H2,1-3H3. The van der Waals surface area contributed by atoms with Crippen molar-refractivity contribution in [2.24, 2.45) is 35.3 Å². The molecule has 3 saturated carbocycles. The topological polar surface area (TPSA) is 46.2 Å². The van der Waals surface area contributed by atoms with Crippen LogP contribution in [-0.4, -0.2) is 10.8 Å². The van der Waals surface area contributed by atoms with Crippen LogP contribution in [0.3, 0.4) is 0 Å². The van der Waals surface area contributed by atoms with Gasteiger partial charge in [0.2, 0.25) is 0 Å². The Morgan fingerprint density at radius 1 is 1.18 bits per heavy atom. The molecule has 0 saturated heterocycles. The van der Waals surface area contributed by atoms with Crippen LogP contribution in [0.2, 0.25) is 0 Å². The fourth-order valence-corrected chi connectivity index (χ4v) is 3.38. The van der Waals surface area contributed by atoms with Crippen molar-refractivity contribution in [1.82, 2.24) is 0 Å². The molecule has 3 fully saturated rings. The Labute approximate surface area is 67.8 Å². The fraction of sp³-hybridized carbons (Fsp3) is 1.00. The molecule has 0 amide bonds. The predicted molar refractivity (Wildman–Crippen MR) is 43.6 cm³/mol. The molecule has 3 N–H and O–H groups in total. The molecular weight excluding hydrogens is 138 g/mol. The highest BCUT2D eigenvalue weighted by molar-refractivity contribution is 5.15. The Morgan fingerprint density at radius 2 is 1.55 bits per heavy atom. The average molecular weight is 155 g/mol. The van der Waals surface area contributed by atoms with Crippen molar-refractivity contribution in [2.75, 3.05) is 0 Å². The number of rotatable bonds is 1. The molecule has 3 aliphatic rings. The van der Waals surface area contributed by atoms with Crippen LogP contribution in [0.25, 0.3) is 0 Å². The van der Waals surface area contributed by atoms with E-state index in [9.17, 15) is 5.11 Å². The number of hydrogen-bond acceptors (Lipinski definition) is 2. The maximum atomic E-state index is 9.55. The lowest BCUT2D eigenvalue weighted by atomic mass is 9.34. The van der Waals surface area contributed by atoms with Gasteiger partial charge in [-0.3, -0.25) is 0 Å². The van der Waals surface area contributed by atoms with E-state index in [1.54, 1.807) is 6.92 Å². The van der Waals surface area contributed by atoms with E-state index in [1.165, 1.54) is 0 Å². The summed E-state index contributed by atoms with van der Waals surface area (Å²) in [6.45, 7) is 6.25. The first-order valence-corrected chi connectivity index (χ1v) is 4.46. The predicted octanol–water partition coefficient (Wildman–Crippen LogP) is 0.802. The van der Waals surface area contributed by atoms with E-state index in [-0.39, 0.29) is 0 Å². The van der Waals surface area contributed by atoms with Crippen LogP contribution < -0.4 is 5.73 Å². The monoisotopic (exact) mass is 155 g/mol. The normalized spacial score (nSPS) is 59.2. The maximum Gasteiger partial charge on any atom is 0.114 e. The van der Waals surface area contributed by atoms with Crippen molar-refractivity contribution in [1.29, 1.82) is 0 Å². The summed E-state index contributed by atoms with van der Waals surface area (Å²) in [7, 11) is 0. The van der Waals surface area contributed by atoms with Gasteiger partial charge >= 0.3 is 0 Å². The van der Waals surface area contributed by atoms with Crippen molar-refractivity contribution >= 4 is 0 Å². The molecule has 0 radical (unpaired) electrons. The molecule has 0 aromatic heterocycles. The minimum Gasteiger partial charge on any atom is -0.376 e. The quantitative estimate of drug-likeness (QED) is 0.550. The van der Waals surface area contributed by atoms with Gasteiger partial charge in [0.1, 0.15) is 5.72 Å². The van der Waals surface area contributed by atoms with Crippen LogP contribution in [0.15, 0.2) is 0 Å². The molecule has 64 valence electrons. The third kappa shape index (κ3) is 0.695. The number of nitrogens with two attached hydrogens (primary N) is 1. The van der Waals surface area contributed by atoms with Gasteiger partial charge in [-0.15, -0.1) is 0 Å². The first-order chi connectivity index (χ1) is 4.94. The Hall–Kier alpha value is -0.0800. The van der Waals surface area contributed by atoms with E-state index < -0.39 is 5.72 Å². The molecule has 0 aromatic rings. The largest absolute Gasteiger partial charge is 0.376 e. The van der Waals surface area contributed by atoms with Crippen LogP contribution in [0.1, 0.15) is 20.8 Å². The van der Waals surface area contributed by atoms with Crippen molar-refractivity contribution < 1.29 is 5.11 Å². The van der Waals surface area contributed by atoms with Crippen LogP contribution in [0.4, 0.5) is 0 Å². The number of hydrogen-bond donors (Lipinski definition) is 2. The zero-order valence-corrected chi connectivity index (χ0v) is 7.41. The zero-order valence-electron chi connectivity index (χ0n) is 7.41. The minimum atomic E-state index is -0.922. The maximum absolute atomic E-state index is 9.55. The SMILES string of the molecule is CC1C2C(C)C1C2C(C)(N)O. The Bertz CT molecular complexity index is 162. The summed E-state index contributed by atoms with van der Waals surface area (Å²) in [4.78, 5) is 0. The van der Waals surface area contributed by atoms with Crippen molar-refractivity contribution in [3.05, 3.63) is 0 Å². The van der Waals surface area contributed by atoms with Crippen LogP contribution in [-0.2, 0) is 0 Å². The summed E-state index contributed by atoms with van der Waals surface area (Å²) in [5, 5.41) is 9.55. The van der Waals surface area contributed by atoms with E-state index in [0.29, 0.717) is 17.8 Å². The van der Waals surface area contributed by atoms with Crippen molar-refractivity contribution in [3.63, 3.8) is 0 Å². The number of aliphatic hydroxyl groups is 1. The second-order valence-corrected chi connectivity index (χ2v) is 4.62. The van der Waals surface area contributed by atoms with E-state index in [0.717, 1.165) is 11.8 Å². The van der Waals surface area contributed by atoms with Gasteiger partial charge in [0.15, 0.2) is 0 Å². The van der Waals surface area contributed by atoms with Gasteiger partial charge in [-0.25, -0.2) is 0 Å². The Kier molecular flexibility index (Phi) is 1.24. The van der Waals surface area contributed by atoms with Gasteiger partial charge in [0.05, 0.1) is 0 Å². The molecule has 1 atom stereocenters. The lowest BCUT2D eigenvalue weighted by molar-refractivity contribution is -0.278. The van der Waals surface area contributed by atoms with Crippen LogP contribution in [0, 0.1) is 29.6 Å². The van der Waals surface area contributed by atoms with Gasteiger partial charge in [-0.2, -0.15) is 0 Å². The molecule has 0 heterocycles. The summed E-state index contributed by atoms with van der Waals surface area (Å²) in [5.41, 5.74) is 4.72. The molecule has 0 spiro atoms. The molecule has 0 aromatic carbocycles. The highest BCUT2D eigenvalue weighted by Crippen LogP contribution is 2.68. The average Bonchev–Trinajstić information content (AvgIpc) is 1.77. The van der Waals surface area contributed by atoms with E-state index in [1.807, 2.05) is 0 Å². The van der Waals surface area contributed by atoms with Crippen LogP contribution in [0.5, 0.6) is 0 Å². The second-order valence-electron chi connectivity index (χ2n) is 4.62. The third-order valence-electron chi connectivity index (χ3n) is 3.93. The summed E-state index contributed by atoms with van der Waals surface area (Å²) < 4.78 is 0. The molecule has 11 heavy (non-hydrogen) atoms. The lowest BCUT2D eigenvalue weighted by Crippen LogP contribution is -2.73. The van der Waals surface area contributed by atoms with E-state index >= 15 is 0 Å². The molecule has 3 aliphatic carbocycles. The van der Waals surface area contributed by atoms with E-state index in [4.69, 9.17) is 5.73 Å². The first-order valence-electron chi connectivity index (χ1n) is 4.46. The van der Waals surface area contributed by atoms with Gasteiger partial charge < -0.3 is 10.8 Å². The molecule has 3 rings (SSSR count). The van der Waals surface area contributed by atoms with Crippen molar-refractivity contribution in [3.8, 4) is 0 Å². The van der Waals surface area contributed by atoms with Gasteiger partial charge in [0, 0.05) is 5.92 Å². The fourth-order valence-electron chi connectivity index (χ4n) is 3.38. The van der Waals surface area contributed by atoms with Crippen LogP contribution >= 0.6 is 0 Å². The molecule has 0 aliphatic heterocycles. The molecule has 2 nitrogen and oxygen atoms in total. The van der Waals surface area contributed by atoms with Gasteiger partial charge in [-0.1, -0.05) is 13.8 Å². The Balaban J connectivity index is 2.06. The summed E-state index contributed by atoms with van der Waals surface area (Å²) in [6, 6.07) is 0. The highest BCUT2D eigenvalue weighted by atomic mass is 16.3. The second kappa shape index (κ2) is 1.80.